The van der Waals surface area contributed by atoms with E-state index in [0.29, 0.717) is 0 Å². The van der Waals surface area contributed by atoms with Crippen molar-refractivity contribution in [1.29, 1.82) is 0 Å². The minimum Gasteiger partial charge on any atom is -0.279 e. The maximum Gasteiger partial charge on any atom is 0.0729 e. The van der Waals surface area contributed by atoms with Gasteiger partial charge < -0.3 is 0 Å². The van der Waals surface area contributed by atoms with Crippen LogP contribution in [-0.4, -0.2) is 5.71 Å². The predicted octanol–water partition coefficient (Wildman–Crippen LogP) is 4.70. The molecule has 100 valence electrons. The van der Waals surface area contributed by atoms with Gasteiger partial charge in [0.25, 0.3) is 0 Å². The van der Waals surface area contributed by atoms with Crippen LogP contribution in [0.2, 0.25) is 0 Å². The van der Waals surface area contributed by atoms with Crippen molar-refractivity contribution in [1.82, 2.24) is 0 Å². The topological polar surface area (TPSA) is 12.4 Å². The number of benzene rings is 3. The zero-order valence-corrected chi connectivity index (χ0v) is 11.7. The standard InChI is InChI=1S/C20H15N/c1-2-8-15(9-3-1)20-19-13-7-6-12-18(19)17-11-5-4-10-16(17)14-21-20/h1-13H,14H2. The molecule has 0 aromatic heterocycles. The maximum absolute atomic E-state index is 4.89. The zero-order chi connectivity index (χ0) is 14.1. The van der Waals surface area contributed by atoms with Gasteiger partial charge in [-0.05, 0) is 16.7 Å². The third kappa shape index (κ3) is 2.07. The molecule has 0 fully saturated rings. The molecule has 1 aliphatic heterocycles. The molecular formula is C20H15N. The summed E-state index contributed by atoms with van der Waals surface area (Å²) in [7, 11) is 0. The van der Waals surface area contributed by atoms with E-state index in [1.807, 2.05) is 6.07 Å². The van der Waals surface area contributed by atoms with Crippen LogP contribution < -0.4 is 0 Å². The molecule has 0 atom stereocenters. The highest BCUT2D eigenvalue weighted by molar-refractivity contribution is 6.16. The van der Waals surface area contributed by atoms with E-state index in [-0.39, 0.29) is 0 Å². The first-order valence-electron chi connectivity index (χ1n) is 7.21. The molecular weight excluding hydrogens is 254 g/mol. The van der Waals surface area contributed by atoms with Crippen LogP contribution in [0.25, 0.3) is 11.1 Å². The van der Waals surface area contributed by atoms with Crippen LogP contribution in [-0.2, 0) is 6.54 Å². The highest BCUT2D eigenvalue weighted by Crippen LogP contribution is 2.32. The van der Waals surface area contributed by atoms with Crippen LogP contribution in [0.4, 0.5) is 0 Å². The minimum atomic E-state index is 0.731. The summed E-state index contributed by atoms with van der Waals surface area (Å²) in [6, 6.07) is 27.5. The molecule has 1 heteroatoms. The summed E-state index contributed by atoms with van der Waals surface area (Å²) in [5.74, 6) is 0. The third-order valence-corrected chi connectivity index (χ3v) is 3.94. The average Bonchev–Trinajstić information content (AvgIpc) is 2.73. The Morgan fingerprint density at radius 3 is 2.00 bits per heavy atom. The molecule has 4 rings (SSSR count). The summed E-state index contributed by atoms with van der Waals surface area (Å²) in [6.45, 7) is 0.731. The number of fused-ring (bicyclic) bond motifs is 3. The van der Waals surface area contributed by atoms with Crippen LogP contribution in [0, 0.1) is 0 Å². The van der Waals surface area contributed by atoms with Crippen molar-refractivity contribution in [2.45, 2.75) is 6.54 Å². The molecule has 21 heavy (non-hydrogen) atoms. The van der Waals surface area contributed by atoms with Gasteiger partial charge in [0, 0.05) is 11.1 Å². The molecule has 0 amide bonds. The fourth-order valence-electron chi connectivity index (χ4n) is 2.94. The van der Waals surface area contributed by atoms with Gasteiger partial charge in [0.05, 0.1) is 12.3 Å². The van der Waals surface area contributed by atoms with Crippen molar-refractivity contribution in [2.75, 3.05) is 0 Å². The van der Waals surface area contributed by atoms with E-state index in [9.17, 15) is 0 Å². The number of nitrogens with zero attached hydrogens (tertiary/aromatic N) is 1. The molecule has 1 aliphatic rings. The first-order valence-corrected chi connectivity index (χ1v) is 7.21. The second-order valence-electron chi connectivity index (χ2n) is 5.23. The van der Waals surface area contributed by atoms with Crippen molar-refractivity contribution in [3.05, 3.63) is 95.6 Å². The van der Waals surface area contributed by atoms with E-state index < -0.39 is 0 Å². The van der Waals surface area contributed by atoms with Gasteiger partial charge in [-0.1, -0.05) is 78.9 Å². The van der Waals surface area contributed by atoms with Crippen LogP contribution >= 0.6 is 0 Å². The van der Waals surface area contributed by atoms with Gasteiger partial charge in [0.15, 0.2) is 0 Å². The molecule has 0 unspecified atom stereocenters. The summed E-state index contributed by atoms with van der Waals surface area (Å²) in [5, 5.41) is 0. The largest absolute Gasteiger partial charge is 0.279 e. The lowest BCUT2D eigenvalue weighted by molar-refractivity contribution is 1.08. The first kappa shape index (κ1) is 12.1. The maximum atomic E-state index is 4.89. The van der Waals surface area contributed by atoms with Crippen LogP contribution in [0.15, 0.2) is 83.9 Å². The summed E-state index contributed by atoms with van der Waals surface area (Å²) >= 11 is 0. The van der Waals surface area contributed by atoms with Crippen LogP contribution in [0.3, 0.4) is 0 Å². The molecule has 0 N–H and O–H groups in total. The van der Waals surface area contributed by atoms with Crippen LogP contribution in [0.5, 0.6) is 0 Å². The van der Waals surface area contributed by atoms with Crippen molar-refractivity contribution in [3.8, 4) is 11.1 Å². The molecule has 0 bridgehead atoms. The Kier molecular flexibility index (Phi) is 2.89. The van der Waals surface area contributed by atoms with Gasteiger partial charge in [0.1, 0.15) is 0 Å². The number of hydrogen-bond donors (Lipinski definition) is 0. The second kappa shape index (κ2) is 5.02. The molecule has 0 saturated heterocycles. The zero-order valence-electron chi connectivity index (χ0n) is 11.7. The summed E-state index contributed by atoms with van der Waals surface area (Å²) in [5.41, 5.74) is 7.33. The minimum absolute atomic E-state index is 0.731. The second-order valence-corrected chi connectivity index (χ2v) is 5.23. The lowest BCUT2D eigenvalue weighted by Gasteiger charge is -2.11. The van der Waals surface area contributed by atoms with Gasteiger partial charge in [-0.3, -0.25) is 4.99 Å². The van der Waals surface area contributed by atoms with E-state index in [1.165, 1.54) is 27.8 Å². The fraction of sp³-hybridized carbons (Fsp3) is 0.0500. The van der Waals surface area contributed by atoms with Gasteiger partial charge in [-0.25, -0.2) is 0 Å². The number of aliphatic imine (C=N–C) groups is 1. The Bertz CT molecular complexity index is 816. The van der Waals surface area contributed by atoms with Gasteiger partial charge in [0.2, 0.25) is 0 Å². The Balaban J connectivity index is 1.99. The molecule has 0 spiro atoms. The molecule has 1 heterocycles. The molecule has 0 radical (unpaired) electrons. The first-order chi connectivity index (χ1) is 10.4. The van der Waals surface area contributed by atoms with Gasteiger partial charge in [-0.2, -0.15) is 0 Å². The fourth-order valence-corrected chi connectivity index (χ4v) is 2.94. The molecule has 0 saturated carbocycles. The highest BCUT2D eigenvalue weighted by atomic mass is 14.7. The molecule has 3 aromatic rings. The Morgan fingerprint density at radius 2 is 1.19 bits per heavy atom. The number of hydrogen-bond acceptors (Lipinski definition) is 1. The SMILES string of the molecule is c1ccc(C2=NCc3ccccc3-c3ccccc32)cc1. The Hall–Kier alpha value is -2.67. The van der Waals surface area contributed by atoms with E-state index >= 15 is 0 Å². The van der Waals surface area contributed by atoms with Crippen molar-refractivity contribution < 1.29 is 0 Å². The molecule has 3 aromatic carbocycles. The van der Waals surface area contributed by atoms with Crippen molar-refractivity contribution in [2.24, 2.45) is 4.99 Å². The lowest BCUT2D eigenvalue weighted by atomic mass is 9.92. The van der Waals surface area contributed by atoms with Crippen molar-refractivity contribution >= 4 is 5.71 Å². The van der Waals surface area contributed by atoms with Gasteiger partial charge in [-0.15, -0.1) is 0 Å². The summed E-state index contributed by atoms with van der Waals surface area (Å²) in [6.07, 6.45) is 0. The van der Waals surface area contributed by atoms with Crippen molar-refractivity contribution in [3.63, 3.8) is 0 Å². The van der Waals surface area contributed by atoms with E-state index in [4.69, 9.17) is 4.99 Å². The monoisotopic (exact) mass is 269 g/mol. The Morgan fingerprint density at radius 1 is 0.571 bits per heavy atom. The smallest absolute Gasteiger partial charge is 0.0729 e. The predicted molar refractivity (Wildman–Crippen MR) is 87.7 cm³/mol. The Labute approximate surface area is 124 Å². The van der Waals surface area contributed by atoms with E-state index in [0.717, 1.165) is 12.3 Å². The normalized spacial score (nSPS) is 12.9. The quantitative estimate of drug-likeness (QED) is 0.607. The van der Waals surface area contributed by atoms with E-state index in [2.05, 4.69) is 72.8 Å². The summed E-state index contributed by atoms with van der Waals surface area (Å²) < 4.78 is 0. The summed E-state index contributed by atoms with van der Waals surface area (Å²) in [4.78, 5) is 4.89. The van der Waals surface area contributed by atoms with Gasteiger partial charge >= 0.3 is 0 Å². The molecule has 0 aliphatic carbocycles. The third-order valence-electron chi connectivity index (χ3n) is 3.94. The highest BCUT2D eigenvalue weighted by Gasteiger charge is 2.17. The average molecular weight is 269 g/mol. The molecule has 1 nitrogen and oxygen atoms in total. The van der Waals surface area contributed by atoms with Crippen LogP contribution in [0.1, 0.15) is 16.7 Å². The number of rotatable bonds is 1. The lowest BCUT2D eigenvalue weighted by Crippen LogP contribution is -2.03. The van der Waals surface area contributed by atoms with E-state index in [1.54, 1.807) is 0 Å².